The summed E-state index contributed by atoms with van der Waals surface area (Å²) in [5.41, 5.74) is 1.92. The van der Waals surface area contributed by atoms with Crippen molar-refractivity contribution in [2.24, 2.45) is 5.92 Å². The van der Waals surface area contributed by atoms with Crippen LogP contribution >= 0.6 is 23.1 Å². The molecule has 0 radical (unpaired) electrons. The Kier molecular flexibility index (Phi) is 3.84. The van der Waals surface area contributed by atoms with Crippen molar-refractivity contribution in [1.82, 2.24) is 10.3 Å². The van der Waals surface area contributed by atoms with E-state index in [0.29, 0.717) is 6.04 Å². The number of aromatic nitrogens is 1. The zero-order valence-corrected chi connectivity index (χ0v) is 10.0. The smallest absolute Gasteiger partial charge is 0.0794 e. The highest BCUT2D eigenvalue weighted by Gasteiger charge is 2.24. The van der Waals surface area contributed by atoms with Gasteiger partial charge in [0.2, 0.25) is 0 Å². The van der Waals surface area contributed by atoms with Crippen LogP contribution in [0.3, 0.4) is 0 Å². The molecule has 78 valence electrons. The van der Waals surface area contributed by atoms with E-state index >= 15 is 0 Å². The van der Waals surface area contributed by atoms with Crippen LogP contribution in [0.2, 0.25) is 0 Å². The summed E-state index contributed by atoms with van der Waals surface area (Å²) in [5.74, 6) is 3.52. The zero-order valence-electron chi connectivity index (χ0n) is 8.40. The average molecular weight is 228 g/mol. The fourth-order valence-electron chi connectivity index (χ4n) is 1.93. The maximum atomic E-state index is 4.12. The zero-order chi connectivity index (χ0) is 9.80. The molecule has 4 heteroatoms. The molecule has 0 saturated carbocycles. The van der Waals surface area contributed by atoms with Crippen LogP contribution in [0.5, 0.6) is 0 Å². The van der Waals surface area contributed by atoms with Crippen LogP contribution in [-0.4, -0.2) is 29.6 Å². The first-order valence-electron chi connectivity index (χ1n) is 5.02. The standard InChI is InChI=1S/C10H16N2S2/c1-11-10(8-2-3-13-6-8)4-9-5-12-7-14-9/h5,7-8,10-11H,2-4,6H2,1H3. The van der Waals surface area contributed by atoms with Crippen LogP contribution in [0.15, 0.2) is 11.7 Å². The summed E-state index contributed by atoms with van der Waals surface area (Å²) in [6.07, 6.45) is 4.51. The van der Waals surface area contributed by atoms with E-state index in [0.717, 1.165) is 12.3 Å². The third-order valence-corrected chi connectivity index (χ3v) is 4.80. The van der Waals surface area contributed by atoms with Crippen molar-refractivity contribution in [1.29, 1.82) is 0 Å². The van der Waals surface area contributed by atoms with Gasteiger partial charge in [0.05, 0.1) is 5.51 Å². The summed E-state index contributed by atoms with van der Waals surface area (Å²) in [5, 5.41) is 3.45. The Hall–Kier alpha value is -0.0600. The van der Waals surface area contributed by atoms with Gasteiger partial charge in [-0.25, -0.2) is 0 Å². The predicted octanol–water partition coefficient (Wildman–Crippen LogP) is 2.03. The second-order valence-electron chi connectivity index (χ2n) is 3.69. The second-order valence-corrected chi connectivity index (χ2v) is 5.81. The summed E-state index contributed by atoms with van der Waals surface area (Å²) in [6, 6.07) is 0.644. The lowest BCUT2D eigenvalue weighted by atomic mass is 9.96. The lowest BCUT2D eigenvalue weighted by molar-refractivity contribution is 0.406. The molecule has 0 aromatic carbocycles. The monoisotopic (exact) mass is 228 g/mol. The molecule has 0 amide bonds. The number of thioether (sulfide) groups is 1. The molecule has 14 heavy (non-hydrogen) atoms. The van der Waals surface area contributed by atoms with Crippen molar-refractivity contribution in [3.63, 3.8) is 0 Å². The number of nitrogens with one attached hydrogen (secondary N) is 1. The van der Waals surface area contributed by atoms with Crippen LogP contribution in [-0.2, 0) is 6.42 Å². The van der Waals surface area contributed by atoms with Crippen LogP contribution in [0.1, 0.15) is 11.3 Å². The highest BCUT2D eigenvalue weighted by Crippen LogP contribution is 2.28. The van der Waals surface area contributed by atoms with Crippen LogP contribution < -0.4 is 5.32 Å². The van der Waals surface area contributed by atoms with Crippen molar-refractivity contribution in [2.45, 2.75) is 18.9 Å². The highest BCUT2D eigenvalue weighted by atomic mass is 32.2. The quantitative estimate of drug-likeness (QED) is 0.853. The first-order valence-corrected chi connectivity index (χ1v) is 7.06. The Bertz CT molecular complexity index is 255. The summed E-state index contributed by atoms with van der Waals surface area (Å²) in [7, 11) is 2.08. The molecule has 2 rings (SSSR count). The number of nitrogens with zero attached hydrogens (tertiary/aromatic N) is 1. The van der Waals surface area contributed by atoms with E-state index in [4.69, 9.17) is 0 Å². The molecule has 1 aromatic rings. The Morgan fingerprint density at radius 2 is 2.64 bits per heavy atom. The van der Waals surface area contributed by atoms with E-state index in [-0.39, 0.29) is 0 Å². The van der Waals surface area contributed by atoms with Crippen LogP contribution in [0.4, 0.5) is 0 Å². The fourth-order valence-corrected chi connectivity index (χ4v) is 3.93. The third kappa shape index (κ3) is 2.49. The molecule has 0 aliphatic carbocycles. The summed E-state index contributed by atoms with van der Waals surface area (Å²) in [4.78, 5) is 5.53. The van der Waals surface area contributed by atoms with Gasteiger partial charge in [-0.1, -0.05) is 0 Å². The number of hydrogen-bond donors (Lipinski definition) is 1. The number of hydrogen-bond acceptors (Lipinski definition) is 4. The van der Waals surface area contributed by atoms with Gasteiger partial charge in [-0.15, -0.1) is 11.3 Å². The van der Waals surface area contributed by atoms with Gasteiger partial charge in [-0.05, 0) is 37.3 Å². The maximum Gasteiger partial charge on any atom is 0.0794 e. The first-order chi connectivity index (χ1) is 6.90. The van der Waals surface area contributed by atoms with E-state index in [9.17, 15) is 0 Å². The fraction of sp³-hybridized carbons (Fsp3) is 0.700. The molecule has 2 heterocycles. The van der Waals surface area contributed by atoms with E-state index in [1.807, 2.05) is 11.7 Å². The van der Waals surface area contributed by atoms with Crippen LogP contribution in [0, 0.1) is 5.92 Å². The topological polar surface area (TPSA) is 24.9 Å². The van der Waals surface area contributed by atoms with E-state index in [1.165, 1.54) is 22.8 Å². The first kappa shape index (κ1) is 10.5. The summed E-state index contributed by atoms with van der Waals surface area (Å²) >= 11 is 3.85. The Labute approximate surface area is 93.5 Å². The Morgan fingerprint density at radius 1 is 1.71 bits per heavy atom. The van der Waals surface area contributed by atoms with Gasteiger partial charge in [-0.3, -0.25) is 4.98 Å². The number of thiazole rings is 1. The molecule has 1 fully saturated rings. The van der Waals surface area contributed by atoms with Crippen molar-refractivity contribution in [3.8, 4) is 0 Å². The van der Waals surface area contributed by atoms with Gasteiger partial charge < -0.3 is 5.32 Å². The van der Waals surface area contributed by atoms with Crippen molar-refractivity contribution in [2.75, 3.05) is 18.6 Å². The molecule has 0 bridgehead atoms. The minimum atomic E-state index is 0.644. The molecule has 1 aliphatic heterocycles. The Balaban J connectivity index is 1.92. The van der Waals surface area contributed by atoms with Crippen LogP contribution in [0.25, 0.3) is 0 Å². The molecule has 2 atom stereocenters. The number of likely N-dealkylation sites (N-methyl/N-ethyl adjacent to an activating group) is 1. The predicted molar refractivity (Wildman–Crippen MR) is 64.1 cm³/mol. The highest BCUT2D eigenvalue weighted by molar-refractivity contribution is 7.99. The van der Waals surface area contributed by atoms with E-state index in [1.54, 1.807) is 11.3 Å². The second kappa shape index (κ2) is 5.14. The van der Waals surface area contributed by atoms with Gasteiger partial charge in [0, 0.05) is 17.1 Å². The molecular formula is C10H16N2S2. The van der Waals surface area contributed by atoms with Crippen molar-refractivity contribution < 1.29 is 0 Å². The molecule has 1 N–H and O–H groups in total. The molecule has 0 spiro atoms. The molecule has 1 saturated heterocycles. The lowest BCUT2D eigenvalue weighted by Crippen LogP contribution is -2.35. The van der Waals surface area contributed by atoms with Gasteiger partial charge in [0.15, 0.2) is 0 Å². The summed E-state index contributed by atoms with van der Waals surface area (Å²) in [6.45, 7) is 0. The molecule has 1 aromatic heterocycles. The lowest BCUT2D eigenvalue weighted by Gasteiger charge is -2.21. The van der Waals surface area contributed by atoms with Gasteiger partial charge >= 0.3 is 0 Å². The molecule has 1 aliphatic rings. The minimum Gasteiger partial charge on any atom is -0.316 e. The van der Waals surface area contributed by atoms with E-state index in [2.05, 4.69) is 29.1 Å². The van der Waals surface area contributed by atoms with Crippen molar-refractivity contribution in [3.05, 3.63) is 16.6 Å². The minimum absolute atomic E-state index is 0.644. The maximum absolute atomic E-state index is 4.12. The average Bonchev–Trinajstić information content (AvgIpc) is 2.86. The third-order valence-electron chi connectivity index (χ3n) is 2.81. The van der Waals surface area contributed by atoms with Gasteiger partial charge in [0.25, 0.3) is 0 Å². The SMILES string of the molecule is CNC(Cc1cncs1)C1CCSC1. The van der Waals surface area contributed by atoms with Crippen molar-refractivity contribution >= 4 is 23.1 Å². The largest absolute Gasteiger partial charge is 0.316 e. The van der Waals surface area contributed by atoms with Gasteiger partial charge in [-0.2, -0.15) is 11.8 Å². The molecule has 2 unspecified atom stereocenters. The summed E-state index contributed by atoms with van der Waals surface area (Å²) < 4.78 is 0. The number of rotatable bonds is 4. The molecular weight excluding hydrogens is 212 g/mol. The Morgan fingerprint density at radius 3 is 3.21 bits per heavy atom. The van der Waals surface area contributed by atoms with Gasteiger partial charge in [0.1, 0.15) is 0 Å². The molecule has 2 nitrogen and oxygen atoms in total. The normalized spacial score (nSPS) is 23.9. The van der Waals surface area contributed by atoms with E-state index < -0.39 is 0 Å².